The number of hydrogen-bond donors (Lipinski definition) is 14. The summed E-state index contributed by atoms with van der Waals surface area (Å²) in [6, 6.07) is 0. The zero-order chi connectivity index (χ0) is 24.3. The average molecular weight is 492 g/mol. The monoisotopic (exact) mass is 492 g/mol. The number of aliphatic carboxylic acids is 2. The molecule has 0 aliphatic rings. The van der Waals surface area contributed by atoms with Crippen molar-refractivity contribution in [2.75, 3.05) is 13.2 Å². The first-order valence-corrected chi connectivity index (χ1v) is 8.13. The van der Waals surface area contributed by atoms with Gasteiger partial charge in [-0.3, -0.25) is 0 Å². The van der Waals surface area contributed by atoms with Gasteiger partial charge in [0.2, 0.25) is 0 Å². The summed E-state index contributed by atoms with van der Waals surface area (Å²) in [7, 11) is 0. The molecule has 0 rings (SSSR count). The minimum Gasteiger partial charge on any atom is -0.479 e. The van der Waals surface area contributed by atoms with Crippen molar-refractivity contribution in [3.8, 4) is 0 Å². The van der Waals surface area contributed by atoms with Gasteiger partial charge >= 0.3 is 11.9 Å². The summed E-state index contributed by atoms with van der Waals surface area (Å²) < 4.78 is 0. The molecule has 16 nitrogen and oxygen atoms in total. The molecule has 0 heterocycles. The fourth-order valence-corrected chi connectivity index (χ4v) is 1.74. The second kappa shape index (κ2) is 17.2. The van der Waals surface area contributed by atoms with Crippen LogP contribution >= 0.6 is 0 Å². The van der Waals surface area contributed by atoms with E-state index in [1.54, 1.807) is 0 Å². The van der Waals surface area contributed by atoms with Crippen LogP contribution in [0.5, 0.6) is 0 Å². The van der Waals surface area contributed by atoms with Gasteiger partial charge in [-0.15, -0.1) is 0 Å². The minimum atomic E-state index is -2.29. The molecule has 0 aliphatic heterocycles. The van der Waals surface area contributed by atoms with Crippen LogP contribution in [0.1, 0.15) is 0 Å². The van der Waals surface area contributed by atoms with Crippen LogP contribution in [0.15, 0.2) is 0 Å². The predicted molar refractivity (Wildman–Crippen MR) is 95.3 cm³/mol. The van der Waals surface area contributed by atoms with Crippen molar-refractivity contribution in [3.05, 3.63) is 0 Å². The molecule has 0 fully saturated rings. The first kappa shape index (κ1) is 35.3. The Balaban J connectivity index is -0.000000490. The van der Waals surface area contributed by atoms with Crippen LogP contribution in [0.4, 0.5) is 0 Å². The molecular formula is C14H28CaO16. The number of aliphatic hydroxyl groups is 12. The Morgan fingerprint density at radius 3 is 0.871 bits per heavy atom. The van der Waals surface area contributed by atoms with E-state index in [1.807, 2.05) is 0 Å². The Labute approximate surface area is 204 Å². The Morgan fingerprint density at radius 1 is 0.484 bits per heavy atom. The average Bonchev–Trinajstić information content (AvgIpc) is 2.73. The Hall–Kier alpha value is -0.280. The summed E-state index contributed by atoms with van der Waals surface area (Å²) >= 11 is 0. The molecule has 0 aliphatic carbocycles. The fraction of sp³-hybridized carbons (Fsp3) is 0.857. The third-order valence-corrected chi connectivity index (χ3v) is 3.72. The van der Waals surface area contributed by atoms with E-state index in [2.05, 4.69) is 0 Å². The first-order valence-electron chi connectivity index (χ1n) is 8.13. The second-order valence-electron chi connectivity index (χ2n) is 6.01. The SMILES string of the molecule is O=C(O)[C@H](O)[C@H](O)[C@@H](O)[C@H](O)[C@H](O)CO.O=C(O)[C@H](O)[C@H](O)[C@@H](O)[C@H](O)[C@H](O)CO.[Ca]. The summed E-state index contributed by atoms with van der Waals surface area (Å²) in [4.78, 5) is 20.4. The first-order chi connectivity index (χ1) is 13.6. The maximum Gasteiger partial charge on any atom is 0.335 e. The van der Waals surface area contributed by atoms with Crippen LogP contribution < -0.4 is 0 Å². The fourth-order valence-electron chi connectivity index (χ4n) is 1.74. The minimum absolute atomic E-state index is 0. The molecule has 0 bridgehead atoms. The molecule has 0 saturated heterocycles. The third-order valence-electron chi connectivity index (χ3n) is 3.72. The van der Waals surface area contributed by atoms with Crippen LogP contribution in [0.3, 0.4) is 0 Å². The van der Waals surface area contributed by atoms with Crippen LogP contribution in [0.25, 0.3) is 0 Å². The van der Waals surface area contributed by atoms with Gasteiger partial charge in [0.1, 0.15) is 48.8 Å². The Morgan fingerprint density at radius 2 is 0.710 bits per heavy atom. The van der Waals surface area contributed by atoms with E-state index in [1.165, 1.54) is 0 Å². The molecule has 17 heteroatoms. The summed E-state index contributed by atoms with van der Waals surface area (Å²) in [5.74, 6) is -3.57. The quantitative estimate of drug-likeness (QED) is 0.112. The van der Waals surface area contributed by atoms with E-state index in [-0.39, 0.29) is 37.7 Å². The molecule has 0 spiro atoms. The normalized spacial score (nSPS) is 20.8. The van der Waals surface area contributed by atoms with Gasteiger partial charge in [-0.05, 0) is 0 Å². The van der Waals surface area contributed by atoms with E-state index in [9.17, 15) is 9.59 Å². The van der Waals surface area contributed by atoms with Crippen LogP contribution in [-0.2, 0) is 9.59 Å². The molecular weight excluding hydrogens is 464 g/mol. The van der Waals surface area contributed by atoms with Crippen molar-refractivity contribution in [3.63, 3.8) is 0 Å². The number of carboxylic acids is 2. The molecule has 10 atom stereocenters. The van der Waals surface area contributed by atoms with Crippen molar-refractivity contribution in [2.45, 2.75) is 61.0 Å². The summed E-state index contributed by atoms with van der Waals surface area (Å²) in [5.41, 5.74) is 0. The van der Waals surface area contributed by atoms with Crippen LogP contribution in [-0.4, -0.2) is 195 Å². The predicted octanol–water partition coefficient (Wildman–Crippen LogP) is -8.65. The van der Waals surface area contributed by atoms with Gasteiger partial charge in [0.05, 0.1) is 13.2 Å². The Bertz CT molecular complexity index is 465. The van der Waals surface area contributed by atoms with Gasteiger partial charge in [-0.25, -0.2) is 9.59 Å². The van der Waals surface area contributed by atoms with Gasteiger partial charge in [0.15, 0.2) is 12.2 Å². The summed E-state index contributed by atoms with van der Waals surface area (Å²) in [6.07, 6.45) is -20.5. The van der Waals surface area contributed by atoms with E-state index in [0.717, 1.165) is 0 Å². The Kier molecular flexibility index (Phi) is 19.6. The van der Waals surface area contributed by atoms with Gasteiger partial charge < -0.3 is 71.5 Å². The number of carboxylic acid groups (broad SMARTS) is 2. The molecule has 2 radical (unpaired) electrons. The molecule has 0 aromatic heterocycles. The maximum atomic E-state index is 10.2. The zero-order valence-corrected chi connectivity index (χ0v) is 18.2. The molecule has 0 aromatic carbocycles. The molecule has 0 aromatic rings. The molecule has 182 valence electrons. The van der Waals surface area contributed by atoms with Crippen molar-refractivity contribution in [1.29, 1.82) is 0 Å². The van der Waals surface area contributed by atoms with Gasteiger partial charge in [-0.1, -0.05) is 0 Å². The molecule has 0 unspecified atom stereocenters. The van der Waals surface area contributed by atoms with Gasteiger partial charge in [-0.2, -0.15) is 0 Å². The van der Waals surface area contributed by atoms with Crippen LogP contribution in [0.2, 0.25) is 0 Å². The van der Waals surface area contributed by atoms with E-state index >= 15 is 0 Å². The van der Waals surface area contributed by atoms with Crippen LogP contribution in [0, 0.1) is 0 Å². The summed E-state index contributed by atoms with van der Waals surface area (Å²) in [5, 5.41) is 123. The number of aliphatic hydroxyl groups excluding tert-OH is 12. The van der Waals surface area contributed by atoms with Crippen molar-refractivity contribution < 1.29 is 81.1 Å². The van der Waals surface area contributed by atoms with Gasteiger partial charge in [0.25, 0.3) is 0 Å². The smallest absolute Gasteiger partial charge is 0.335 e. The van der Waals surface area contributed by atoms with Crippen molar-refractivity contribution in [2.24, 2.45) is 0 Å². The van der Waals surface area contributed by atoms with Gasteiger partial charge in [0, 0.05) is 37.7 Å². The van der Waals surface area contributed by atoms with Crippen molar-refractivity contribution >= 4 is 49.7 Å². The third kappa shape index (κ3) is 11.9. The molecule has 0 amide bonds. The number of carbonyl (C=O) groups is 2. The topological polar surface area (TPSA) is 317 Å². The number of rotatable bonds is 12. The summed E-state index contributed by atoms with van der Waals surface area (Å²) in [6.45, 7) is -1.76. The second-order valence-corrected chi connectivity index (χ2v) is 6.01. The molecule has 31 heavy (non-hydrogen) atoms. The van der Waals surface area contributed by atoms with E-state index in [4.69, 9.17) is 71.5 Å². The number of hydrogen-bond acceptors (Lipinski definition) is 14. The maximum absolute atomic E-state index is 10.2. The largest absolute Gasteiger partial charge is 0.479 e. The standard InChI is InChI=1S/2C7H14O8.Ca/c2*8-1-2(9)3(10)4(11)5(12)6(13)7(14)15;/h2*2-6,8-13H,1H2,(H,14,15);/t2*2-,3-,4+,5-,6-;/m11./s1. The molecule has 14 N–H and O–H groups in total. The van der Waals surface area contributed by atoms with E-state index < -0.39 is 86.2 Å². The van der Waals surface area contributed by atoms with Crippen molar-refractivity contribution in [1.82, 2.24) is 0 Å². The molecule has 0 saturated carbocycles. The zero-order valence-electron chi connectivity index (χ0n) is 16.0. The van der Waals surface area contributed by atoms with E-state index in [0.29, 0.717) is 0 Å².